The molecule has 2 aromatic rings. The molecule has 0 saturated heterocycles. The van der Waals surface area contributed by atoms with Gasteiger partial charge in [-0.25, -0.2) is 0 Å². The number of anilines is 1. The summed E-state index contributed by atoms with van der Waals surface area (Å²) < 4.78 is 3.80. The Morgan fingerprint density at radius 3 is 2.29 bits per heavy atom. The van der Waals surface area contributed by atoms with Crippen LogP contribution in [0, 0.1) is 0 Å². The van der Waals surface area contributed by atoms with Crippen molar-refractivity contribution >= 4 is 72.7 Å². The Labute approximate surface area is 186 Å². The van der Waals surface area contributed by atoms with E-state index in [2.05, 4.69) is 31.5 Å². The van der Waals surface area contributed by atoms with Crippen molar-refractivity contribution in [1.82, 2.24) is 10.6 Å². The van der Waals surface area contributed by atoms with Crippen LogP contribution in [-0.4, -0.2) is 43.2 Å². The van der Waals surface area contributed by atoms with E-state index in [1.807, 2.05) is 42.5 Å². The Kier molecular flexibility index (Phi) is 8.67. The van der Waals surface area contributed by atoms with Gasteiger partial charge in [0, 0.05) is 0 Å². The van der Waals surface area contributed by atoms with Gasteiger partial charge in [-0.15, -0.1) is 0 Å². The number of nitrogens with one attached hydrogen (secondary N) is 3. The Morgan fingerprint density at radius 1 is 1.07 bits per heavy atom. The molecule has 0 aliphatic carbocycles. The summed E-state index contributed by atoms with van der Waals surface area (Å²) in [6.07, 6.45) is 2.06. The van der Waals surface area contributed by atoms with Gasteiger partial charge < -0.3 is 0 Å². The summed E-state index contributed by atoms with van der Waals surface area (Å²) in [6, 6.07) is 16.7. The van der Waals surface area contributed by atoms with Crippen molar-refractivity contribution < 1.29 is 9.53 Å². The second-order valence-electron chi connectivity index (χ2n) is 5.55. The average Bonchev–Trinajstić information content (AvgIpc) is 2.66. The monoisotopic (exact) mass is 505 g/mol. The van der Waals surface area contributed by atoms with Gasteiger partial charge in [0.25, 0.3) is 0 Å². The zero-order valence-electron chi connectivity index (χ0n) is 14.8. The molecule has 0 heterocycles. The molecule has 0 spiro atoms. The number of alkyl halides is 3. The molecular weight excluding hydrogens is 488 g/mol. The maximum atomic E-state index is 12.2. The first kappa shape index (κ1) is 22.6. The predicted octanol–water partition coefficient (Wildman–Crippen LogP) is 3.48. The van der Waals surface area contributed by atoms with Crippen LogP contribution >= 0.6 is 34.8 Å². The molecule has 2 rings (SSSR count). The first-order valence-electron chi connectivity index (χ1n) is 8.10. The number of halogens is 3. The van der Waals surface area contributed by atoms with Gasteiger partial charge in [-0.1, -0.05) is 0 Å². The van der Waals surface area contributed by atoms with Crippen LogP contribution < -0.4 is 20.7 Å². The molecule has 0 aliphatic rings. The third-order valence-corrected chi connectivity index (χ3v) is 4.58. The van der Waals surface area contributed by atoms with E-state index in [0.29, 0.717) is 4.67 Å². The van der Waals surface area contributed by atoms with E-state index in [1.54, 1.807) is 25.3 Å². The third-order valence-electron chi connectivity index (χ3n) is 3.46. The SMILES string of the molecule is COc1ccc(NC(=[Se])NC(NC(=O)/C=C/c2ccccc2)C(Cl)(Cl)Cl)cc1. The molecule has 0 bridgehead atoms. The fraction of sp³-hybridized carbons (Fsp3) is 0.158. The van der Waals surface area contributed by atoms with Gasteiger partial charge in [-0.05, 0) is 0 Å². The first-order valence-corrected chi connectivity index (χ1v) is 10.1. The zero-order chi connectivity index (χ0) is 20.6. The molecule has 1 unspecified atom stereocenters. The molecular formula is C19H18Cl3N3O2Se. The third kappa shape index (κ3) is 7.74. The van der Waals surface area contributed by atoms with Crippen molar-refractivity contribution in [2.24, 2.45) is 0 Å². The van der Waals surface area contributed by atoms with Crippen LogP contribution in [0.4, 0.5) is 5.69 Å². The van der Waals surface area contributed by atoms with Crippen molar-refractivity contribution in [2.45, 2.75) is 9.96 Å². The quantitative estimate of drug-likeness (QED) is 0.223. The zero-order valence-corrected chi connectivity index (χ0v) is 18.8. The molecule has 1 atom stereocenters. The van der Waals surface area contributed by atoms with Crippen LogP contribution in [-0.2, 0) is 4.79 Å². The number of benzene rings is 2. The summed E-state index contributed by atoms with van der Waals surface area (Å²) in [6.45, 7) is 0. The molecule has 0 aromatic heterocycles. The summed E-state index contributed by atoms with van der Waals surface area (Å²) in [7, 11) is 1.59. The van der Waals surface area contributed by atoms with Crippen LogP contribution in [0.15, 0.2) is 60.7 Å². The Morgan fingerprint density at radius 2 is 1.71 bits per heavy atom. The normalized spacial score (nSPS) is 12.3. The Hall–Kier alpha value is -1.69. The Balaban J connectivity index is 1.97. The predicted molar refractivity (Wildman–Crippen MR) is 118 cm³/mol. The molecule has 3 N–H and O–H groups in total. The number of hydrogen-bond acceptors (Lipinski definition) is 4. The number of rotatable bonds is 8. The molecule has 1 amide bonds. The molecule has 148 valence electrons. The summed E-state index contributed by atoms with van der Waals surface area (Å²) >= 11 is 20.8. The van der Waals surface area contributed by atoms with Gasteiger partial charge in [-0.2, -0.15) is 0 Å². The van der Waals surface area contributed by atoms with Crippen molar-refractivity contribution in [1.29, 1.82) is 0 Å². The Bertz CT molecular complexity index is 825. The topological polar surface area (TPSA) is 62.4 Å². The molecule has 0 fully saturated rings. The summed E-state index contributed by atoms with van der Waals surface area (Å²) in [5.41, 5.74) is 1.66. The van der Waals surface area contributed by atoms with Crippen LogP contribution in [0.3, 0.4) is 0 Å². The van der Waals surface area contributed by atoms with Crippen LogP contribution in [0.25, 0.3) is 6.08 Å². The minimum atomic E-state index is -1.78. The van der Waals surface area contributed by atoms with Crippen LogP contribution in [0.2, 0.25) is 0 Å². The van der Waals surface area contributed by atoms with Crippen LogP contribution in [0.5, 0.6) is 5.75 Å². The number of hydrogen-bond donors (Lipinski definition) is 3. The van der Waals surface area contributed by atoms with E-state index in [0.717, 1.165) is 17.0 Å². The number of carbonyl (C=O) groups is 1. The fourth-order valence-electron chi connectivity index (χ4n) is 2.10. The van der Waals surface area contributed by atoms with Gasteiger partial charge in [0.1, 0.15) is 0 Å². The second-order valence-corrected chi connectivity index (χ2v) is 8.78. The first-order chi connectivity index (χ1) is 13.3. The molecule has 5 nitrogen and oxygen atoms in total. The molecule has 28 heavy (non-hydrogen) atoms. The van der Waals surface area contributed by atoms with Crippen molar-refractivity contribution in [3.05, 3.63) is 66.2 Å². The van der Waals surface area contributed by atoms with E-state index in [-0.39, 0.29) is 0 Å². The number of carbonyl (C=O) groups excluding carboxylic acids is 1. The van der Waals surface area contributed by atoms with Gasteiger partial charge in [0.2, 0.25) is 0 Å². The summed E-state index contributed by atoms with van der Waals surface area (Å²) in [4.78, 5) is 12.2. The molecule has 0 aliphatic heterocycles. The van der Waals surface area contributed by atoms with E-state index in [4.69, 9.17) is 39.5 Å². The molecule has 0 saturated carbocycles. The van der Waals surface area contributed by atoms with E-state index in [1.165, 1.54) is 6.08 Å². The van der Waals surface area contributed by atoms with Gasteiger partial charge in [-0.3, -0.25) is 0 Å². The number of amides is 1. The fourth-order valence-corrected chi connectivity index (χ4v) is 2.92. The minimum absolute atomic E-state index is 0.412. The molecule has 9 heteroatoms. The van der Waals surface area contributed by atoms with Gasteiger partial charge in [0.15, 0.2) is 0 Å². The standard InChI is InChI=1S/C19H18Cl3N3O2Se/c1-27-15-10-8-14(9-11-15)23-18(28)25-17(19(20,21)22)24-16(26)12-7-13-5-3-2-4-6-13/h2-12,17H,1H3,(H,24,26)(H2,23,25,28)/b12-7+. The maximum absolute atomic E-state index is 12.2. The summed E-state index contributed by atoms with van der Waals surface area (Å²) in [5.74, 6) is 0.321. The molecule has 2 aromatic carbocycles. The number of ether oxygens (including phenoxy) is 1. The van der Waals surface area contributed by atoms with E-state index < -0.39 is 15.9 Å². The van der Waals surface area contributed by atoms with Crippen molar-refractivity contribution in [2.75, 3.05) is 12.4 Å². The summed E-state index contributed by atoms with van der Waals surface area (Å²) in [5, 5.41) is 8.62. The van der Waals surface area contributed by atoms with E-state index in [9.17, 15) is 4.79 Å². The van der Waals surface area contributed by atoms with Crippen LogP contribution in [0.1, 0.15) is 5.56 Å². The van der Waals surface area contributed by atoms with Gasteiger partial charge in [0.05, 0.1) is 0 Å². The van der Waals surface area contributed by atoms with Crippen molar-refractivity contribution in [3.8, 4) is 5.75 Å². The van der Waals surface area contributed by atoms with E-state index >= 15 is 0 Å². The molecule has 0 radical (unpaired) electrons. The second kappa shape index (κ2) is 10.7. The van der Waals surface area contributed by atoms with Gasteiger partial charge >= 0.3 is 187 Å². The van der Waals surface area contributed by atoms with Crippen molar-refractivity contribution in [3.63, 3.8) is 0 Å². The average molecular weight is 506 g/mol. The number of methoxy groups -OCH3 is 1.